The van der Waals surface area contributed by atoms with Gasteiger partial charge in [0.2, 0.25) is 0 Å². The predicted octanol–water partition coefficient (Wildman–Crippen LogP) is 1.91. The van der Waals surface area contributed by atoms with Gasteiger partial charge in [0.1, 0.15) is 5.75 Å². The molecule has 0 fully saturated rings. The van der Waals surface area contributed by atoms with Gasteiger partial charge in [-0.15, -0.1) is 0 Å². The molecule has 1 N–H and O–H groups in total. The van der Waals surface area contributed by atoms with Crippen LogP contribution in [-0.4, -0.2) is 31.3 Å². The maximum absolute atomic E-state index is 5.34. The second-order valence-corrected chi connectivity index (χ2v) is 4.08. The first-order valence-corrected chi connectivity index (χ1v) is 5.98. The number of pyridine rings is 1. The molecule has 0 saturated heterocycles. The molecule has 0 aliphatic rings. The van der Waals surface area contributed by atoms with Gasteiger partial charge < -0.3 is 14.8 Å². The number of aromatic nitrogens is 1. The maximum atomic E-state index is 5.34. The van der Waals surface area contributed by atoms with Crippen LogP contribution in [0, 0.1) is 6.92 Å². The number of ether oxygens (including phenoxy) is 2. The van der Waals surface area contributed by atoms with E-state index >= 15 is 0 Å². The van der Waals surface area contributed by atoms with Crippen LogP contribution >= 0.6 is 0 Å². The Bertz CT molecular complexity index is 342. The summed E-state index contributed by atoms with van der Waals surface area (Å²) in [5.41, 5.74) is 1.96. The summed E-state index contributed by atoms with van der Waals surface area (Å²) in [4.78, 5) is 4.45. The molecule has 1 aromatic rings. The zero-order chi connectivity index (χ0) is 12.7. The normalized spacial score (nSPS) is 12.5. The van der Waals surface area contributed by atoms with Gasteiger partial charge in [-0.05, 0) is 20.8 Å². The quantitative estimate of drug-likeness (QED) is 0.788. The zero-order valence-electron chi connectivity index (χ0n) is 11.1. The van der Waals surface area contributed by atoms with Crippen LogP contribution in [0.25, 0.3) is 0 Å². The van der Waals surface area contributed by atoms with Gasteiger partial charge in [-0.1, -0.05) is 0 Å². The average Bonchev–Trinajstić information content (AvgIpc) is 2.33. The third kappa shape index (κ3) is 5.15. The molecule has 1 atom stereocenters. The van der Waals surface area contributed by atoms with Crippen molar-refractivity contribution in [3.05, 3.63) is 23.5 Å². The van der Waals surface area contributed by atoms with Crippen molar-refractivity contribution in [2.45, 2.75) is 33.4 Å². The van der Waals surface area contributed by atoms with Crippen molar-refractivity contribution in [1.82, 2.24) is 10.3 Å². The summed E-state index contributed by atoms with van der Waals surface area (Å²) >= 11 is 0. The first-order chi connectivity index (χ1) is 8.15. The second-order valence-electron chi connectivity index (χ2n) is 4.08. The lowest BCUT2D eigenvalue weighted by atomic mass is 10.2. The minimum atomic E-state index is 0.322. The van der Waals surface area contributed by atoms with Crippen LogP contribution in [0.1, 0.15) is 25.2 Å². The minimum absolute atomic E-state index is 0.322. The molecule has 4 nitrogen and oxygen atoms in total. The Kier molecular flexibility index (Phi) is 5.94. The molecule has 1 unspecified atom stereocenters. The fraction of sp³-hybridized carbons (Fsp3) is 0.615. The fourth-order valence-corrected chi connectivity index (χ4v) is 1.54. The second kappa shape index (κ2) is 7.25. The highest BCUT2D eigenvalue weighted by Gasteiger charge is 2.04. The molecule has 17 heavy (non-hydrogen) atoms. The highest BCUT2D eigenvalue weighted by molar-refractivity contribution is 5.26. The van der Waals surface area contributed by atoms with E-state index in [0.717, 1.165) is 36.9 Å². The van der Waals surface area contributed by atoms with E-state index in [1.165, 1.54) is 0 Å². The molecular weight excluding hydrogens is 216 g/mol. The van der Waals surface area contributed by atoms with E-state index in [9.17, 15) is 0 Å². The van der Waals surface area contributed by atoms with Crippen molar-refractivity contribution >= 4 is 0 Å². The lowest BCUT2D eigenvalue weighted by molar-refractivity contribution is 0.127. The molecule has 0 spiro atoms. The summed E-state index contributed by atoms with van der Waals surface area (Å²) in [5.74, 6) is 0.853. The van der Waals surface area contributed by atoms with Crippen molar-refractivity contribution in [3.63, 3.8) is 0 Å². The Labute approximate surface area is 103 Å². The van der Waals surface area contributed by atoms with Crippen molar-refractivity contribution in [2.24, 2.45) is 0 Å². The number of nitrogens with zero attached hydrogens (tertiary/aromatic N) is 1. The van der Waals surface area contributed by atoms with E-state index in [4.69, 9.17) is 9.47 Å². The van der Waals surface area contributed by atoms with Gasteiger partial charge in [-0.2, -0.15) is 0 Å². The molecule has 0 bridgehead atoms. The summed E-state index contributed by atoms with van der Waals surface area (Å²) in [6, 6.07) is 4.20. The SMILES string of the molecule is CCOCC(C)NCc1cc(OC)cc(C)n1. The smallest absolute Gasteiger partial charge is 0.122 e. The highest BCUT2D eigenvalue weighted by Crippen LogP contribution is 2.13. The summed E-state index contributed by atoms with van der Waals surface area (Å²) < 4.78 is 10.6. The Morgan fingerprint density at radius 1 is 1.41 bits per heavy atom. The van der Waals surface area contributed by atoms with Gasteiger partial charge in [0, 0.05) is 37.0 Å². The Hall–Kier alpha value is -1.13. The number of rotatable bonds is 7. The first kappa shape index (κ1) is 13.9. The minimum Gasteiger partial charge on any atom is -0.497 e. The van der Waals surface area contributed by atoms with Crippen molar-refractivity contribution in [2.75, 3.05) is 20.3 Å². The van der Waals surface area contributed by atoms with Crippen LogP contribution in [0.3, 0.4) is 0 Å². The van der Waals surface area contributed by atoms with E-state index in [2.05, 4.69) is 17.2 Å². The Morgan fingerprint density at radius 2 is 2.18 bits per heavy atom. The lowest BCUT2D eigenvalue weighted by Crippen LogP contribution is -2.30. The molecule has 1 aromatic heterocycles. The van der Waals surface area contributed by atoms with Crippen molar-refractivity contribution in [1.29, 1.82) is 0 Å². The van der Waals surface area contributed by atoms with E-state index in [1.807, 2.05) is 26.0 Å². The summed E-state index contributed by atoms with van der Waals surface area (Å²) in [7, 11) is 1.67. The molecule has 4 heteroatoms. The average molecular weight is 238 g/mol. The largest absolute Gasteiger partial charge is 0.497 e. The molecule has 0 aromatic carbocycles. The summed E-state index contributed by atoms with van der Waals surface area (Å²) in [5, 5.41) is 3.37. The third-order valence-corrected chi connectivity index (χ3v) is 2.42. The monoisotopic (exact) mass is 238 g/mol. The number of methoxy groups -OCH3 is 1. The highest BCUT2D eigenvalue weighted by atomic mass is 16.5. The molecule has 0 aliphatic heterocycles. The molecule has 1 rings (SSSR count). The number of hydrogen-bond donors (Lipinski definition) is 1. The molecule has 0 amide bonds. The zero-order valence-corrected chi connectivity index (χ0v) is 11.1. The van der Waals surface area contributed by atoms with Crippen molar-refractivity contribution < 1.29 is 9.47 Å². The molecule has 96 valence electrons. The summed E-state index contributed by atoms with van der Waals surface area (Å²) in [6.07, 6.45) is 0. The van der Waals surface area contributed by atoms with E-state index in [0.29, 0.717) is 6.04 Å². The van der Waals surface area contributed by atoms with Crippen LogP contribution in [0.4, 0.5) is 0 Å². The van der Waals surface area contributed by atoms with E-state index in [-0.39, 0.29) is 0 Å². The molecular formula is C13H22N2O2. The van der Waals surface area contributed by atoms with Crippen LogP contribution in [-0.2, 0) is 11.3 Å². The first-order valence-electron chi connectivity index (χ1n) is 5.98. The van der Waals surface area contributed by atoms with Crippen molar-refractivity contribution in [3.8, 4) is 5.75 Å². The lowest BCUT2D eigenvalue weighted by Gasteiger charge is -2.13. The number of aryl methyl sites for hydroxylation is 1. The van der Waals surface area contributed by atoms with Gasteiger partial charge in [0.25, 0.3) is 0 Å². The standard InChI is InChI=1S/C13H22N2O2/c1-5-17-9-11(3)14-8-12-7-13(16-4)6-10(2)15-12/h6-7,11,14H,5,8-9H2,1-4H3. The Morgan fingerprint density at radius 3 is 2.82 bits per heavy atom. The van der Waals surface area contributed by atoms with Gasteiger partial charge in [0.05, 0.1) is 19.4 Å². The van der Waals surface area contributed by atoms with E-state index in [1.54, 1.807) is 7.11 Å². The van der Waals surface area contributed by atoms with Crippen LogP contribution in [0.5, 0.6) is 5.75 Å². The molecule has 0 radical (unpaired) electrons. The predicted molar refractivity (Wildman–Crippen MR) is 68.3 cm³/mol. The molecule has 0 saturated carbocycles. The van der Waals surface area contributed by atoms with Crippen LogP contribution < -0.4 is 10.1 Å². The van der Waals surface area contributed by atoms with Gasteiger partial charge in [-0.25, -0.2) is 0 Å². The molecule has 0 aliphatic carbocycles. The van der Waals surface area contributed by atoms with Crippen LogP contribution in [0.2, 0.25) is 0 Å². The Balaban J connectivity index is 2.48. The third-order valence-electron chi connectivity index (χ3n) is 2.42. The number of nitrogens with one attached hydrogen (secondary N) is 1. The van der Waals surface area contributed by atoms with Gasteiger partial charge >= 0.3 is 0 Å². The summed E-state index contributed by atoms with van der Waals surface area (Å²) in [6.45, 7) is 8.27. The fourth-order valence-electron chi connectivity index (χ4n) is 1.54. The maximum Gasteiger partial charge on any atom is 0.122 e. The molecule has 1 heterocycles. The topological polar surface area (TPSA) is 43.4 Å². The number of hydrogen-bond acceptors (Lipinski definition) is 4. The van der Waals surface area contributed by atoms with E-state index < -0.39 is 0 Å². The van der Waals surface area contributed by atoms with Gasteiger partial charge in [-0.3, -0.25) is 4.98 Å². The van der Waals surface area contributed by atoms with Crippen LogP contribution in [0.15, 0.2) is 12.1 Å². The van der Waals surface area contributed by atoms with Gasteiger partial charge in [0.15, 0.2) is 0 Å².